The Balaban J connectivity index is 2.48. The molecule has 13 heavy (non-hydrogen) atoms. The highest BCUT2D eigenvalue weighted by Gasteiger charge is 2.57. The summed E-state index contributed by atoms with van der Waals surface area (Å²) in [5, 5.41) is 0. The molecule has 0 N–H and O–H groups in total. The summed E-state index contributed by atoms with van der Waals surface area (Å²) in [6.45, 7) is 5.85. The van der Waals surface area contributed by atoms with Gasteiger partial charge in [0.25, 0.3) is 0 Å². The molecule has 0 aromatic carbocycles. The number of alkyl halides is 1. The first kappa shape index (κ1) is 9.41. The van der Waals surface area contributed by atoms with Crippen LogP contribution in [-0.4, -0.2) is 22.3 Å². The smallest absolute Gasteiger partial charge is 0.158 e. The number of fused-ring (bicyclic) bond motifs is 2. The maximum atomic E-state index is 11.9. The molecule has 0 amide bonds. The van der Waals surface area contributed by atoms with E-state index < -0.39 is 11.0 Å². The lowest BCUT2D eigenvalue weighted by Gasteiger charge is -2.45. The maximum Gasteiger partial charge on any atom is 0.158 e. The molecule has 0 saturated carbocycles. The number of ketones is 1. The van der Waals surface area contributed by atoms with Crippen molar-refractivity contribution in [2.45, 2.75) is 37.3 Å². The summed E-state index contributed by atoms with van der Waals surface area (Å²) >= 11 is 3.38. The largest absolute Gasteiger partial charge is 0.361 e. The minimum absolute atomic E-state index is 0.0782. The van der Waals surface area contributed by atoms with Gasteiger partial charge in [-0.15, -0.1) is 0 Å². The van der Waals surface area contributed by atoms with E-state index in [0.717, 1.165) is 0 Å². The zero-order chi connectivity index (χ0) is 9.85. The minimum atomic E-state index is -0.440. The number of Topliss-reactive ketones (excluding diaryl/α,β-unsaturated/α-hetero) is 1. The molecule has 3 heteroatoms. The van der Waals surface area contributed by atoms with Gasteiger partial charge in [-0.1, -0.05) is 28.1 Å². The predicted octanol–water partition coefficient (Wildman–Crippen LogP) is 2.07. The van der Waals surface area contributed by atoms with Crippen molar-refractivity contribution in [1.82, 2.24) is 0 Å². The summed E-state index contributed by atoms with van der Waals surface area (Å²) in [5.41, 5.74) is -0.857. The van der Waals surface area contributed by atoms with Crippen LogP contribution in [0.4, 0.5) is 0 Å². The summed E-state index contributed by atoms with van der Waals surface area (Å²) in [5.74, 6) is 0.233. The van der Waals surface area contributed by atoms with E-state index >= 15 is 0 Å². The van der Waals surface area contributed by atoms with Crippen LogP contribution in [0.5, 0.6) is 0 Å². The normalized spacial score (nSPS) is 46.9. The minimum Gasteiger partial charge on any atom is -0.361 e. The van der Waals surface area contributed by atoms with E-state index in [2.05, 4.69) is 15.9 Å². The van der Waals surface area contributed by atoms with Crippen LogP contribution in [0.2, 0.25) is 0 Å². The average molecular weight is 245 g/mol. The van der Waals surface area contributed by atoms with Crippen LogP contribution >= 0.6 is 15.9 Å². The lowest BCUT2D eigenvalue weighted by Crippen LogP contribution is -2.56. The maximum absolute atomic E-state index is 11.9. The Labute approximate surface area is 86.5 Å². The molecule has 2 heterocycles. The zero-order valence-corrected chi connectivity index (χ0v) is 9.59. The molecule has 0 aromatic heterocycles. The van der Waals surface area contributed by atoms with Crippen molar-refractivity contribution < 1.29 is 9.53 Å². The second kappa shape index (κ2) is 2.45. The fourth-order valence-corrected chi connectivity index (χ4v) is 2.75. The molecule has 72 valence electrons. The molecule has 0 unspecified atom stereocenters. The first-order valence-corrected chi connectivity index (χ1v) is 5.36. The molecule has 3 atom stereocenters. The molecular formula is C10H13BrO2. The van der Waals surface area contributed by atoms with Gasteiger partial charge in [-0.3, -0.25) is 4.79 Å². The molecule has 0 radical (unpaired) electrons. The van der Waals surface area contributed by atoms with E-state index in [0.29, 0.717) is 0 Å². The van der Waals surface area contributed by atoms with Gasteiger partial charge in [-0.2, -0.15) is 0 Å². The summed E-state index contributed by atoms with van der Waals surface area (Å²) in [4.78, 5) is 11.8. The number of ether oxygens (including phenoxy) is 1. The van der Waals surface area contributed by atoms with Crippen molar-refractivity contribution in [3.05, 3.63) is 12.2 Å². The number of carbonyl (C=O) groups excluding carboxylic acids is 1. The predicted molar refractivity (Wildman–Crippen MR) is 53.9 cm³/mol. The van der Waals surface area contributed by atoms with Crippen molar-refractivity contribution in [2.75, 3.05) is 0 Å². The third-order valence-electron chi connectivity index (χ3n) is 3.38. The van der Waals surface area contributed by atoms with Crippen LogP contribution in [0.15, 0.2) is 12.2 Å². The first-order chi connectivity index (χ1) is 5.88. The van der Waals surface area contributed by atoms with Crippen molar-refractivity contribution in [1.29, 1.82) is 0 Å². The van der Waals surface area contributed by atoms with Gasteiger partial charge in [0.05, 0.1) is 17.1 Å². The van der Waals surface area contributed by atoms with Gasteiger partial charge in [0.15, 0.2) is 5.78 Å². The Morgan fingerprint density at radius 3 is 2.69 bits per heavy atom. The molecule has 2 aliphatic heterocycles. The van der Waals surface area contributed by atoms with E-state index in [-0.39, 0.29) is 16.7 Å². The van der Waals surface area contributed by atoms with Gasteiger partial charge < -0.3 is 4.74 Å². The third kappa shape index (κ3) is 1.00. The van der Waals surface area contributed by atoms with Gasteiger partial charge in [0, 0.05) is 0 Å². The molecular weight excluding hydrogens is 232 g/mol. The van der Waals surface area contributed by atoms with Gasteiger partial charge in [-0.05, 0) is 20.8 Å². The van der Waals surface area contributed by atoms with E-state index in [9.17, 15) is 4.79 Å². The second-order valence-corrected chi connectivity index (χ2v) is 5.43. The Morgan fingerprint density at radius 2 is 2.08 bits per heavy atom. The topological polar surface area (TPSA) is 26.3 Å². The first-order valence-electron chi connectivity index (χ1n) is 4.44. The number of hydrogen-bond donors (Lipinski definition) is 0. The monoisotopic (exact) mass is 244 g/mol. The van der Waals surface area contributed by atoms with Gasteiger partial charge in [-0.25, -0.2) is 0 Å². The van der Waals surface area contributed by atoms with E-state index in [1.807, 2.05) is 32.9 Å². The Bertz CT molecular complexity index is 295. The summed E-state index contributed by atoms with van der Waals surface area (Å²) in [6.07, 6.45) is 3.91. The van der Waals surface area contributed by atoms with Gasteiger partial charge in [0.2, 0.25) is 0 Å². The molecule has 2 rings (SSSR count). The number of carbonyl (C=O) groups is 1. The quantitative estimate of drug-likeness (QED) is 0.482. The number of halogens is 1. The molecule has 0 spiro atoms. The van der Waals surface area contributed by atoms with Crippen LogP contribution in [0.1, 0.15) is 20.8 Å². The Morgan fingerprint density at radius 1 is 1.46 bits per heavy atom. The summed E-state index contributed by atoms with van der Waals surface area (Å²) < 4.78 is 5.80. The zero-order valence-electron chi connectivity index (χ0n) is 8.00. The molecule has 2 aliphatic rings. The molecule has 0 aromatic rings. The highest BCUT2D eigenvalue weighted by atomic mass is 79.9. The Kier molecular flexibility index (Phi) is 1.77. The SMILES string of the molecule is CC1(C)C(=O)[C@@H](Br)[C@H]2C=C[C@]1(C)O2. The molecule has 2 bridgehead atoms. The molecule has 0 aliphatic carbocycles. The van der Waals surface area contributed by atoms with Gasteiger partial charge in [0.1, 0.15) is 4.83 Å². The highest BCUT2D eigenvalue weighted by Crippen LogP contribution is 2.48. The Hall–Kier alpha value is -0.150. The highest BCUT2D eigenvalue weighted by molar-refractivity contribution is 9.10. The molecule has 1 fully saturated rings. The van der Waals surface area contributed by atoms with Gasteiger partial charge >= 0.3 is 0 Å². The van der Waals surface area contributed by atoms with Crippen molar-refractivity contribution >= 4 is 21.7 Å². The standard InChI is InChI=1S/C10H13BrO2/c1-9(2)8(12)7(11)6-4-5-10(9,3)13-6/h4-7H,1-3H3/t6-,7+,10+/m1/s1. The average Bonchev–Trinajstić information content (AvgIpc) is 2.43. The van der Waals surface area contributed by atoms with E-state index in [4.69, 9.17) is 4.74 Å². The van der Waals surface area contributed by atoms with Crippen LogP contribution in [0, 0.1) is 5.41 Å². The van der Waals surface area contributed by atoms with E-state index in [1.165, 1.54) is 0 Å². The fourth-order valence-electron chi connectivity index (χ4n) is 1.89. The summed E-state index contributed by atoms with van der Waals surface area (Å²) in [7, 11) is 0. The van der Waals surface area contributed by atoms with Crippen LogP contribution < -0.4 is 0 Å². The fraction of sp³-hybridized carbons (Fsp3) is 0.700. The van der Waals surface area contributed by atoms with Crippen LogP contribution in [-0.2, 0) is 9.53 Å². The van der Waals surface area contributed by atoms with Crippen molar-refractivity contribution in [2.24, 2.45) is 5.41 Å². The van der Waals surface area contributed by atoms with Crippen LogP contribution in [0.3, 0.4) is 0 Å². The van der Waals surface area contributed by atoms with Crippen LogP contribution in [0.25, 0.3) is 0 Å². The number of rotatable bonds is 0. The summed E-state index contributed by atoms with van der Waals surface area (Å²) in [6, 6.07) is 0. The third-order valence-corrected chi connectivity index (χ3v) is 4.32. The van der Waals surface area contributed by atoms with Crippen molar-refractivity contribution in [3.8, 4) is 0 Å². The van der Waals surface area contributed by atoms with E-state index in [1.54, 1.807) is 0 Å². The van der Waals surface area contributed by atoms with Crippen molar-refractivity contribution in [3.63, 3.8) is 0 Å². The number of hydrogen-bond acceptors (Lipinski definition) is 2. The lowest BCUT2D eigenvalue weighted by atomic mass is 9.71. The molecule has 2 nitrogen and oxygen atoms in total. The second-order valence-electron chi connectivity index (χ2n) is 4.44. The molecule has 1 saturated heterocycles. The lowest BCUT2D eigenvalue weighted by molar-refractivity contribution is -0.160.